The summed E-state index contributed by atoms with van der Waals surface area (Å²) in [5.41, 5.74) is 6.71. The molecule has 19 heavy (non-hydrogen) atoms. The molecule has 0 aliphatic carbocycles. The number of anilines is 3. The van der Waals surface area contributed by atoms with Gasteiger partial charge in [0.2, 0.25) is 0 Å². The van der Waals surface area contributed by atoms with Crippen LogP contribution in [0.3, 0.4) is 0 Å². The first-order chi connectivity index (χ1) is 8.97. The van der Waals surface area contributed by atoms with Crippen LogP contribution in [0.4, 0.5) is 27.1 Å². The standard InChI is InChI=1S/C12H9BrFN3O2/c13-9-5-7(14)1-3-11(9)16-8-2-4-12(17(18)19)10(15)6-8/h1-6,16H,15H2. The lowest BCUT2D eigenvalue weighted by Gasteiger charge is -2.09. The number of rotatable bonds is 3. The van der Waals surface area contributed by atoms with Crippen LogP contribution in [-0.2, 0) is 0 Å². The first-order valence-electron chi connectivity index (χ1n) is 5.23. The third-order valence-corrected chi connectivity index (χ3v) is 3.09. The van der Waals surface area contributed by atoms with Gasteiger partial charge in [-0.3, -0.25) is 10.1 Å². The number of benzene rings is 2. The Morgan fingerprint density at radius 2 is 2.00 bits per heavy atom. The van der Waals surface area contributed by atoms with Crippen LogP contribution in [0.15, 0.2) is 40.9 Å². The molecule has 0 bridgehead atoms. The van der Waals surface area contributed by atoms with Crippen molar-refractivity contribution < 1.29 is 9.31 Å². The Hall–Kier alpha value is -2.15. The van der Waals surface area contributed by atoms with E-state index >= 15 is 0 Å². The highest BCUT2D eigenvalue weighted by atomic mass is 79.9. The topological polar surface area (TPSA) is 81.2 Å². The molecule has 2 aromatic rings. The van der Waals surface area contributed by atoms with Crippen molar-refractivity contribution in [3.05, 3.63) is 56.8 Å². The molecule has 0 fully saturated rings. The van der Waals surface area contributed by atoms with E-state index in [1.54, 1.807) is 6.07 Å². The molecule has 7 heteroatoms. The summed E-state index contributed by atoms with van der Waals surface area (Å²) in [5, 5.41) is 13.6. The molecular formula is C12H9BrFN3O2. The van der Waals surface area contributed by atoms with Crippen molar-refractivity contribution in [2.24, 2.45) is 0 Å². The molecule has 0 aliphatic heterocycles. The minimum absolute atomic E-state index is 0.0632. The molecule has 0 aromatic heterocycles. The van der Waals surface area contributed by atoms with E-state index in [1.807, 2.05) is 0 Å². The SMILES string of the molecule is Nc1cc(Nc2ccc(F)cc2Br)ccc1[N+](=O)[O-]. The van der Waals surface area contributed by atoms with E-state index in [1.165, 1.54) is 30.3 Å². The fraction of sp³-hybridized carbons (Fsp3) is 0. The zero-order valence-electron chi connectivity index (χ0n) is 9.56. The third kappa shape index (κ3) is 3.00. The maximum Gasteiger partial charge on any atom is 0.292 e. The summed E-state index contributed by atoms with van der Waals surface area (Å²) >= 11 is 3.22. The van der Waals surface area contributed by atoms with E-state index in [0.717, 1.165) is 0 Å². The minimum atomic E-state index is -0.549. The number of nitrogens with two attached hydrogens (primary N) is 1. The van der Waals surface area contributed by atoms with Crippen LogP contribution in [0.5, 0.6) is 0 Å². The second kappa shape index (κ2) is 5.23. The molecule has 5 nitrogen and oxygen atoms in total. The van der Waals surface area contributed by atoms with Gasteiger partial charge in [-0.05, 0) is 46.3 Å². The molecule has 0 saturated carbocycles. The second-order valence-electron chi connectivity index (χ2n) is 3.78. The molecule has 0 amide bonds. The predicted octanol–water partition coefficient (Wildman–Crippen LogP) is 3.82. The number of nitro benzene ring substituents is 1. The Labute approximate surface area is 116 Å². The fourth-order valence-electron chi connectivity index (χ4n) is 1.54. The smallest absolute Gasteiger partial charge is 0.292 e. The van der Waals surface area contributed by atoms with Crippen molar-refractivity contribution in [3.8, 4) is 0 Å². The number of nitrogens with one attached hydrogen (secondary N) is 1. The highest BCUT2D eigenvalue weighted by molar-refractivity contribution is 9.10. The lowest BCUT2D eigenvalue weighted by molar-refractivity contribution is -0.383. The molecule has 2 rings (SSSR count). The van der Waals surface area contributed by atoms with E-state index in [4.69, 9.17) is 5.73 Å². The van der Waals surface area contributed by atoms with Gasteiger partial charge in [-0.25, -0.2) is 4.39 Å². The molecule has 2 aromatic carbocycles. The summed E-state index contributed by atoms with van der Waals surface area (Å²) in [5.74, 6) is -0.361. The van der Waals surface area contributed by atoms with Crippen molar-refractivity contribution in [2.45, 2.75) is 0 Å². The molecule has 0 atom stereocenters. The molecule has 0 unspecified atom stereocenters. The minimum Gasteiger partial charge on any atom is -0.393 e. The zero-order chi connectivity index (χ0) is 14.0. The van der Waals surface area contributed by atoms with Gasteiger partial charge in [0.15, 0.2) is 0 Å². The highest BCUT2D eigenvalue weighted by Crippen LogP contribution is 2.30. The number of nitrogen functional groups attached to an aromatic ring is 1. The molecule has 3 N–H and O–H groups in total. The monoisotopic (exact) mass is 325 g/mol. The number of nitro groups is 1. The maximum absolute atomic E-state index is 12.9. The average Bonchev–Trinajstić information content (AvgIpc) is 2.32. The van der Waals surface area contributed by atoms with Crippen LogP contribution in [0, 0.1) is 15.9 Å². The number of hydrogen-bond acceptors (Lipinski definition) is 4. The summed E-state index contributed by atoms with van der Waals surface area (Å²) in [6.07, 6.45) is 0. The summed E-state index contributed by atoms with van der Waals surface area (Å²) in [4.78, 5) is 10.1. The summed E-state index contributed by atoms with van der Waals surface area (Å²) in [6.45, 7) is 0. The number of nitrogens with zero attached hydrogens (tertiary/aromatic N) is 1. The van der Waals surface area contributed by atoms with Crippen molar-refractivity contribution in [3.63, 3.8) is 0 Å². The van der Waals surface area contributed by atoms with E-state index in [-0.39, 0.29) is 17.2 Å². The van der Waals surface area contributed by atoms with Gasteiger partial charge in [-0.2, -0.15) is 0 Å². The lowest BCUT2D eigenvalue weighted by Crippen LogP contribution is -1.98. The van der Waals surface area contributed by atoms with E-state index < -0.39 is 4.92 Å². The first-order valence-corrected chi connectivity index (χ1v) is 6.02. The first kappa shape index (κ1) is 13.3. The molecule has 0 heterocycles. The quantitative estimate of drug-likeness (QED) is 0.510. The van der Waals surface area contributed by atoms with Gasteiger partial charge in [0.1, 0.15) is 11.5 Å². The number of hydrogen-bond donors (Lipinski definition) is 2. The van der Waals surface area contributed by atoms with Gasteiger partial charge < -0.3 is 11.1 Å². The van der Waals surface area contributed by atoms with Crippen LogP contribution >= 0.6 is 15.9 Å². The highest BCUT2D eigenvalue weighted by Gasteiger charge is 2.11. The van der Waals surface area contributed by atoms with Crippen molar-refractivity contribution in [2.75, 3.05) is 11.1 Å². The van der Waals surface area contributed by atoms with E-state index in [0.29, 0.717) is 15.8 Å². The summed E-state index contributed by atoms with van der Waals surface area (Å²) < 4.78 is 13.5. The third-order valence-electron chi connectivity index (χ3n) is 2.43. The Kier molecular flexibility index (Phi) is 3.66. The normalized spacial score (nSPS) is 10.2. The molecule has 0 spiro atoms. The fourth-order valence-corrected chi connectivity index (χ4v) is 1.99. The lowest BCUT2D eigenvalue weighted by atomic mass is 10.2. The Balaban J connectivity index is 2.29. The molecule has 0 saturated heterocycles. The maximum atomic E-state index is 12.9. The van der Waals surface area contributed by atoms with Crippen molar-refractivity contribution in [1.29, 1.82) is 0 Å². The average molecular weight is 326 g/mol. The summed E-state index contributed by atoms with van der Waals surface area (Å²) in [7, 11) is 0. The molecule has 0 radical (unpaired) electrons. The van der Waals surface area contributed by atoms with E-state index in [2.05, 4.69) is 21.2 Å². The van der Waals surface area contributed by atoms with Gasteiger partial charge >= 0.3 is 0 Å². The van der Waals surface area contributed by atoms with Gasteiger partial charge in [-0.1, -0.05) is 0 Å². The Bertz CT molecular complexity index is 649. The molecular weight excluding hydrogens is 317 g/mol. The van der Waals surface area contributed by atoms with Gasteiger partial charge in [0.25, 0.3) is 5.69 Å². The number of halogens is 2. The van der Waals surface area contributed by atoms with E-state index in [9.17, 15) is 14.5 Å². The largest absolute Gasteiger partial charge is 0.393 e. The van der Waals surface area contributed by atoms with Crippen LogP contribution in [0.25, 0.3) is 0 Å². The van der Waals surface area contributed by atoms with Crippen LogP contribution in [0.2, 0.25) is 0 Å². The molecule has 98 valence electrons. The van der Waals surface area contributed by atoms with Crippen molar-refractivity contribution >= 4 is 38.7 Å². The van der Waals surface area contributed by atoms with Gasteiger partial charge in [-0.15, -0.1) is 0 Å². The van der Waals surface area contributed by atoms with Crippen LogP contribution in [0.1, 0.15) is 0 Å². The van der Waals surface area contributed by atoms with Crippen LogP contribution in [-0.4, -0.2) is 4.92 Å². The van der Waals surface area contributed by atoms with Gasteiger partial charge in [0.05, 0.1) is 10.6 Å². The predicted molar refractivity (Wildman–Crippen MR) is 74.9 cm³/mol. The van der Waals surface area contributed by atoms with Gasteiger partial charge in [0, 0.05) is 16.2 Å². The molecule has 0 aliphatic rings. The zero-order valence-corrected chi connectivity index (χ0v) is 11.1. The van der Waals surface area contributed by atoms with Crippen molar-refractivity contribution in [1.82, 2.24) is 0 Å². The van der Waals surface area contributed by atoms with Crippen LogP contribution < -0.4 is 11.1 Å². The second-order valence-corrected chi connectivity index (χ2v) is 4.63. The summed E-state index contributed by atoms with van der Waals surface area (Å²) in [6, 6.07) is 8.48. The Morgan fingerprint density at radius 3 is 2.58 bits per heavy atom. The Morgan fingerprint density at radius 1 is 1.26 bits per heavy atom.